The van der Waals surface area contributed by atoms with E-state index in [-0.39, 0.29) is 41.2 Å². The molecule has 1 fully saturated rings. The molecule has 2 atom stereocenters. The number of halogens is 4. The average Bonchev–Trinajstić information content (AvgIpc) is 3.65. The SMILES string of the molecule is CC[C@]1(C(N)=O)COc2c1cc(C(O)(CNC(=O)c1cc(OC)c3nc(C4CC4)sc3c1)C(F)(F)F)nc2-c1ccc(F)cc1. The Morgan fingerprint density at radius 1 is 1.18 bits per heavy atom. The van der Waals surface area contributed by atoms with E-state index in [1.165, 1.54) is 42.7 Å². The summed E-state index contributed by atoms with van der Waals surface area (Å²) >= 11 is 1.39. The quantitative estimate of drug-likeness (QED) is 0.216. The molecule has 4 aromatic rings. The van der Waals surface area contributed by atoms with Gasteiger partial charge in [-0.05, 0) is 61.7 Å². The third kappa shape index (κ3) is 5.15. The molecule has 2 aromatic carbocycles. The topological polar surface area (TPSA) is 137 Å². The standard InChI is InChI=1S/C31H28F4N4O5S/c1-3-29(28(36)41)14-44-25-19(29)12-22(38-23(25)15-6-8-18(32)9-7-15)30(42,31(33,34)35)13-37-26(40)17-10-20(43-2)24-21(11-17)45-27(39-24)16-4-5-16/h6-12,16,42H,3-5,13-14H2,1-2H3,(H2,36,41)(H,37,40)/t29-,30?/m0/s1. The van der Waals surface area contributed by atoms with Gasteiger partial charge in [-0.25, -0.2) is 14.4 Å². The Kier molecular flexibility index (Phi) is 7.47. The fourth-order valence-corrected chi connectivity index (χ4v) is 6.64. The van der Waals surface area contributed by atoms with E-state index >= 15 is 0 Å². The predicted molar refractivity (Wildman–Crippen MR) is 157 cm³/mol. The number of methoxy groups -OCH3 is 1. The maximum atomic E-state index is 14.8. The summed E-state index contributed by atoms with van der Waals surface area (Å²) in [7, 11) is 1.40. The number of hydrogen-bond acceptors (Lipinski definition) is 8. The van der Waals surface area contributed by atoms with Crippen molar-refractivity contribution in [3.63, 3.8) is 0 Å². The molecule has 2 aliphatic rings. The number of aliphatic hydroxyl groups is 1. The number of alkyl halides is 3. The Balaban J connectivity index is 1.41. The number of aromatic nitrogens is 2. The summed E-state index contributed by atoms with van der Waals surface area (Å²) in [6.45, 7) is 0.0365. The number of carbonyl (C=O) groups is 2. The fourth-order valence-electron chi connectivity index (χ4n) is 5.45. The lowest BCUT2D eigenvalue weighted by atomic mass is 9.78. The van der Waals surface area contributed by atoms with Crippen LogP contribution < -0.4 is 20.5 Å². The number of thiazole rings is 1. The van der Waals surface area contributed by atoms with Gasteiger partial charge in [-0.1, -0.05) is 6.92 Å². The number of nitrogens with one attached hydrogen (secondary N) is 1. The van der Waals surface area contributed by atoms with Gasteiger partial charge in [0.15, 0.2) is 0 Å². The van der Waals surface area contributed by atoms with Crippen LogP contribution in [0.15, 0.2) is 42.5 Å². The first-order valence-electron chi connectivity index (χ1n) is 14.1. The molecule has 6 rings (SSSR count). The molecular formula is C31H28F4N4O5S. The summed E-state index contributed by atoms with van der Waals surface area (Å²) in [5.74, 6) is -1.71. The van der Waals surface area contributed by atoms with Gasteiger partial charge in [0.1, 0.15) is 40.5 Å². The molecule has 2 amide bonds. The van der Waals surface area contributed by atoms with E-state index in [4.69, 9.17) is 15.2 Å². The first kappa shape index (κ1) is 30.7. The van der Waals surface area contributed by atoms with Gasteiger partial charge in [0.2, 0.25) is 11.5 Å². The molecule has 0 saturated heterocycles. The molecule has 9 nitrogen and oxygen atoms in total. The van der Waals surface area contributed by atoms with Crippen molar-refractivity contribution in [2.45, 2.75) is 49.3 Å². The molecule has 14 heteroatoms. The lowest BCUT2D eigenvalue weighted by Gasteiger charge is -2.32. The Labute approximate surface area is 258 Å². The molecule has 1 unspecified atom stereocenters. The van der Waals surface area contributed by atoms with Crippen LogP contribution in [-0.2, 0) is 15.8 Å². The smallest absolute Gasteiger partial charge is 0.424 e. The minimum atomic E-state index is -5.35. The lowest BCUT2D eigenvalue weighted by Crippen LogP contribution is -2.52. The summed E-state index contributed by atoms with van der Waals surface area (Å²) < 4.78 is 69.9. The number of carbonyl (C=O) groups excluding carboxylic acids is 2. The van der Waals surface area contributed by atoms with Crippen molar-refractivity contribution in [3.8, 4) is 22.8 Å². The predicted octanol–water partition coefficient (Wildman–Crippen LogP) is 5.09. The number of nitrogens with zero attached hydrogens (tertiary/aromatic N) is 2. The number of ether oxygens (including phenoxy) is 2. The second-order valence-corrected chi connectivity index (χ2v) is 12.3. The Hall–Kier alpha value is -4.30. The molecule has 1 aliphatic carbocycles. The Morgan fingerprint density at radius 3 is 2.49 bits per heavy atom. The fraction of sp³-hybridized carbons (Fsp3) is 0.355. The zero-order chi connectivity index (χ0) is 32.3. The van der Waals surface area contributed by atoms with Gasteiger partial charge in [0, 0.05) is 22.6 Å². The van der Waals surface area contributed by atoms with Gasteiger partial charge < -0.3 is 25.6 Å². The first-order valence-corrected chi connectivity index (χ1v) is 14.9. The minimum Gasteiger partial charge on any atom is -0.494 e. The number of rotatable bonds is 9. The summed E-state index contributed by atoms with van der Waals surface area (Å²) in [5.41, 5.74) is 0.170. The normalized spacial score (nSPS) is 19.1. The van der Waals surface area contributed by atoms with Crippen molar-refractivity contribution in [2.24, 2.45) is 5.73 Å². The first-order chi connectivity index (χ1) is 21.3. The molecule has 0 spiro atoms. The largest absolute Gasteiger partial charge is 0.494 e. The number of nitrogens with two attached hydrogens (primary N) is 1. The van der Waals surface area contributed by atoms with Crippen molar-refractivity contribution in [3.05, 3.63) is 70.1 Å². The number of benzene rings is 2. The van der Waals surface area contributed by atoms with Crippen LogP contribution in [-0.4, -0.2) is 53.3 Å². The summed E-state index contributed by atoms with van der Waals surface area (Å²) in [6.07, 6.45) is -3.25. The van der Waals surface area contributed by atoms with Gasteiger partial charge in [0.25, 0.3) is 5.91 Å². The van der Waals surface area contributed by atoms with E-state index in [0.29, 0.717) is 21.9 Å². The van der Waals surface area contributed by atoms with E-state index < -0.39 is 47.1 Å². The molecule has 4 N–H and O–H groups in total. The number of amides is 2. The second-order valence-electron chi connectivity index (χ2n) is 11.2. The van der Waals surface area contributed by atoms with E-state index in [2.05, 4.69) is 15.3 Å². The molecule has 1 saturated carbocycles. The summed E-state index contributed by atoms with van der Waals surface area (Å²) in [6, 6.07) is 8.58. The minimum absolute atomic E-state index is 0.00248. The van der Waals surface area contributed by atoms with E-state index in [1.54, 1.807) is 6.92 Å². The van der Waals surface area contributed by atoms with Crippen LogP contribution in [0, 0.1) is 5.82 Å². The van der Waals surface area contributed by atoms with Crippen LogP contribution >= 0.6 is 11.3 Å². The maximum Gasteiger partial charge on any atom is 0.424 e. The molecule has 2 aromatic heterocycles. The van der Waals surface area contributed by atoms with E-state index in [1.807, 2.05) is 0 Å². The van der Waals surface area contributed by atoms with Gasteiger partial charge >= 0.3 is 6.18 Å². The number of pyridine rings is 1. The highest BCUT2D eigenvalue weighted by Gasteiger charge is 2.58. The highest BCUT2D eigenvalue weighted by molar-refractivity contribution is 7.18. The van der Waals surface area contributed by atoms with Crippen molar-refractivity contribution in [1.29, 1.82) is 0 Å². The van der Waals surface area contributed by atoms with E-state index in [9.17, 15) is 32.3 Å². The number of primary amides is 1. The Morgan fingerprint density at radius 2 is 1.89 bits per heavy atom. The van der Waals surface area contributed by atoms with E-state index in [0.717, 1.165) is 36.0 Å². The van der Waals surface area contributed by atoms with Crippen LogP contribution in [0.1, 0.15) is 58.7 Å². The third-order valence-corrected chi connectivity index (χ3v) is 9.59. The number of fused-ring (bicyclic) bond motifs is 2. The third-order valence-electron chi connectivity index (χ3n) is 8.43. The second kappa shape index (κ2) is 10.9. The molecule has 236 valence electrons. The zero-order valence-corrected chi connectivity index (χ0v) is 24.9. The van der Waals surface area contributed by atoms with Crippen LogP contribution in [0.2, 0.25) is 0 Å². The number of hydrogen-bond donors (Lipinski definition) is 3. The molecule has 3 heterocycles. The van der Waals surface area contributed by atoms with Gasteiger partial charge in [-0.15, -0.1) is 11.3 Å². The summed E-state index contributed by atoms with van der Waals surface area (Å²) in [5, 5.41) is 14.4. The van der Waals surface area contributed by atoms with Crippen LogP contribution in [0.3, 0.4) is 0 Å². The van der Waals surface area contributed by atoms with Gasteiger partial charge in [-0.3, -0.25) is 9.59 Å². The van der Waals surface area contributed by atoms with Crippen molar-refractivity contribution in [1.82, 2.24) is 15.3 Å². The molecule has 45 heavy (non-hydrogen) atoms. The van der Waals surface area contributed by atoms with Crippen molar-refractivity contribution >= 4 is 33.4 Å². The highest BCUT2D eigenvalue weighted by Crippen LogP contribution is 2.49. The zero-order valence-electron chi connectivity index (χ0n) is 24.1. The van der Waals surface area contributed by atoms with Crippen LogP contribution in [0.5, 0.6) is 11.5 Å². The maximum absolute atomic E-state index is 14.8. The van der Waals surface area contributed by atoms with Gasteiger partial charge in [0.05, 0.1) is 29.1 Å². The highest BCUT2D eigenvalue weighted by atomic mass is 32.1. The monoisotopic (exact) mass is 644 g/mol. The molecular weight excluding hydrogens is 616 g/mol. The average molecular weight is 645 g/mol. The molecule has 0 bridgehead atoms. The van der Waals surface area contributed by atoms with Crippen LogP contribution in [0.25, 0.3) is 21.5 Å². The molecule has 1 aliphatic heterocycles. The van der Waals surface area contributed by atoms with Crippen molar-refractivity contribution in [2.75, 3.05) is 20.3 Å². The van der Waals surface area contributed by atoms with Gasteiger partial charge in [-0.2, -0.15) is 13.2 Å². The lowest BCUT2D eigenvalue weighted by molar-refractivity contribution is -0.265. The van der Waals surface area contributed by atoms with Crippen molar-refractivity contribution < 1.29 is 41.7 Å². The van der Waals surface area contributed by atoms with Crippen LogP contribution in [0.4, 0.5) is 17.6 Å². The summed E-state index contributed by atoms with van der Waals surface area (Å²) in [4.78, 5) is 34.6. The molecule has 0 radical (unpaired) electrons. The Bertz CT molecular complexity index is 1830.